The molecule has 0 spiro atoms. The first kappa shape index (κ1) is 29.0. The fourth-order valence-corrected chi connectivity index (χ4v) is 3.11. The van der Waals surface area contributed by atoms with Crippen LogP contribution in [0.1, 0.15) is 47.2 Å². The Labute approximate surface area is 205 Å². The average molecular weight is 463 g/mol. The van der Waals surface area contributed by atoms with Crippen LogP contribution in [-0.4, -0.2) is 32.1 Å². The van der Waals surface area contributed by atoms with E-state index in [1.165, 1.54) is 17.5 Å². The number of carbonyl (C=O) groups excluding carboxylic acids is 1. The average Bonchev–Trinajstić information content (AvgIpc) is 2.91. The Morgan fingerprint density at radius 2 is 1.00 bits per heavy atom. The van der Waals surface area contributed by atoms with Crippen molar-refractivity contribution in [1.29, 1.82) is 0 Å². The molecular weight excluding hydrogens is 420 g/mol. The molecule has 3 rings (SSSR count). The highest BCUT2D eigenvalue weighted by atomic mass is 16.1. The van der Waals surface area contributed by atoms with Crippen LogP contribution in [0.15, 0.2) is 91.0 Å². The van der Waals surface area contributed by atoms with Crippen LogP contribution in [-0.2, 0) is 12.8 Å². The van der Waals surface area contributed by atoms with Crippen molar-refractivity contribution in [2.75, 3.05) is 26.2 Å². The highest BCUT2D eigenvalue weighted by Gasteiger charge is 2.02. The van der Waals surface area contributed by atoms with E-state index in [9.17, 15) is 4.79 Å². The van der Waals surface area contributed by atoms with Gasteiger partial charge in [-0.25, -0.2) is 0 Å². The molecule has 0 saturated heterocycles. The number of nitrogens with two attached hydrogens (primary N) is 3. The molecule has 0 fully saturated rings. The van der Waals surface area contributed by atoms with E-state index in [1.54, 1.807) is 0 Å². The Morgan fingerprint density at radius 1 is 0.559 bits per heavy atom. The SMILES string of the molecule is NCCCCc1ccccc1.NCCN.O=C(NCCCCc1ccccc1)c1ccccc1. The van der Waals surface area contributed by atoms with Crippen molar-refractivity contribution in [2.45, 2.75) is 38.5 Å². The van der Waals surface area contributed by atoms with Gasteiger partial charge in [-0.3, -0.25) is 4.79 Å². The number of benzene rings is 3. The molecule has 0 atom stereocenters. The molecular formula is C29H42N4O. The number of aryl methyl sites for hydroxylation is 2. The Bertz CT molecular complexity index is 840. The molecule has 5 heteroatoms. The van der Waals surface area contributed by atoms with E-state index < -0.39 is 0 Å². The standard InChI is InChI=1S/C17H19NO.C10H15N.C2H8N2/c19-17(16-12-5-2-6-13-16)18-14-8-7-11-15-9-3-1-4-10-15;11-9-5-4-8-10-6-2-1-3-7-10;3-1-2-4/h1-6,9-10,12-13H,7-8,11,14H2,(H,18,19);1-3,6-7H,4-5,8-9,11H2;1-4H2. The Hall–Kier alpha value is -2.99. The van der Waals surface area contributed by atoms with Crippen LogP contribution in [0.3, 0.4) is 0 Å². The highest BCUT2D eigenvalue weighted by Crippen LogP contribution is 2.05. The molecule has 5 nitrogen and oxygen atoms in total. The van der Waals surface area contributed by atoms with Crippen molar-refractivity contribution in [3.8, 4) is 0 Å². The number of hydrogen-bond acceptors (Lipinski definition) is 4. The minimum Gasteiger partial charge on any atom is -0.352 e. The summed E-state index contributed by atoms with van der Waals surface area (Å²) in [7, 11) is 0. The summed E-state index contributed by atoms with van der Waals surface area (Å²) >= 11 is 0. The van der Waals surface area contributed by atoms with Crippen molar-refractivity contribution < 1.29 is 4.79 Å². The van der Waals surface area contributed by atoms with Crippen LogP contribution in [0.4, 0.5) is 0 Å². The highest BCUT2D eigenvalue weighted by molar-refractivity contribution is 5.94. The number of unbranched alkanes of at least 4 members (excludes halogenated alkanes) is 2. The first-order valence-corrected chi connectivity index (χ1v) is 12.2. The molecule has 0 saturated carbocycles. The molecule has 0 radical (unpaired) electrons. The van der Waals surface area contributed by atoms with Gasteiger partial charge in [0.25, 0.3) is 5.91 Å². The molecule has 0 bridgehead atoms. The Kier molecular flexibility index (Phi) is 17.6. The topological polar surface area (TPSA) is 107 Å². The van der Waals surface area contributed by atoms with Crippen LogP contribution in [0, 0.1) is 0 Å². The van der Waals surface area contributed by atoms with Gasteiger partial charge in [0.05, 0.1) is 0 Å². The molecule has 7 N–H and O–H groups in total. The first-order chi connectivity index (χ1) is 16.7. The van der Waals surface area contributed by atoms with E-state index >= 15 is 0 Å². The predicted octanol–water partition coefficient (Wildman–Crippen LogP) is 4.31. The third-order valence-electron chi connectivity index (χ3n) is 4.99. The van der Waals surface area contributed by atoms with E-state index in [0.717, 1.165) is 50.8 Å². The minimum atomic E-state index is 0.0142. The molecule has 3 aromatic carbocycles. The maximum absolute atomic E-state index is 11.8. The van der Waals surface area contributed by atoms with Crippen LogP contribution in [0.5, 0.6) is 0 Å². The molecule has 0 aliphatic rings. The lowest BCUT2D eigenvalue weighted by Gasteiger charge is -2.05. The molecule has 0 aliphatic heterocycles. The second-order valence-electron chi connectivity index (χ2n) is 7.87. The quantitative estimate of drug-likeness (QED) is 0.318. The molecule has 34 heavy (non-hydrogen) atoms. The van der Waals surface area contributed by atoms with Gasteiger partial charge in [0.2, 0.25) is 0 Å². The second kappa shape index (κ2) is 20.6. The number of nitrogens with one attached hydrogen (secondary N) is 1. The fourth-order valence-electron chi connectivity index (χ4n) is 3.11. The lowest BCUT2D eigenvalue weighted by atomic mass is 10.1. The molecule has 0 heterocycles. The summed E-state index contributed by atoms with van der Waals surface area (Å²) in [4.78, 5) is 11.8. The summed E-state index contributed by atoms with van der Waals surface area (Å²) in [5, 5.41) is 2.95. The summed E-state index contributed by atoms with van der Waals surface area (Å²) in [5.74, 6) is 0.0142. The van der Waals surface area contributed by atoms with E-state index in [1.807, 2.05) is 42.5 Å². The van der Waals surface area contributed by atoms with E-state index in [4.69, 9.17) is 17.2 Å². The van der Waals surface area contributed by atoms with Crippen LogP contribution < -0.4 is 22.5 Å². The van der Waals surface area contributed by atoms with Crippen LogP contribution in [0.2, 0.25) is 0 Å². The summed E-state index contributed by atoms with van der Waals surface area (Å²) < 4.78 is 0. The zero-order valence-electron chi connectivity index (χ0n) is 20.4. The van der Waals surface area contributed by atoms with E-state index in [-0.39, 0.29) is 5.91 Å². The third-order valence-corrected chi connectivity index (χ3v) is 4.99. The normalized spacial score (nSPS) is 9.74. The number of amides is 1. The van der Waals surface area contributed by atoms with Crippen LogP contribution >= 0.6 is 0 Å². The summed E-state index contributed by atoms with van der Waals surface area (Å²) in [6, 6.07) is 30.3. The zero-order chi connectivity index (χ0) is 24.7. The van der Waals surface area contributed by atoms with Gasteiger partial charge in [0.1, 0.15) is 0 Å². The van der Waals surface area contributed by atoms with Gasteiger partial charge in [0.15, 0.2) is 0 Å². The van der Waals surface area contributed by atoms with Crippen molar-refractivity contribution in [3.63, 3.8) is 0 Å². The fraction of sp³-hybridized carbons (Fsp3) is 0.345. The molecule has 0 aliphatic carbocycles. The lowest BCUT2D eigenvalue weighted by Crippen LogP contribution is -2.24. The van der Waals surface area contributed by atoms with Crippen LogP contribution in [0.25, 0.3) is 0 Å². The van der Waals surface area contributed by atoms with Gasteiger partial charge in [-0.15, -0.1) is 0 Å². The number of carbonyl (C=O) groups is 1. The summed E-state index contributed by atoms with van der Waals surface area (Å²) in [6.45, 7) is 2.74. The largest absolute Gasteiger partial charge is 0.352 e. The van der Waals surface area contributed by atoms with Crippen molar-refractivity contribution in [3.05, 3.63) is 108 Å². The maximum Gasteiger partial charge on any atom is 0.251 e. The van der Waals surface area contributed by atoms with Gasteiger partial charge < -0.3 is 22.5 Å². The van der Waals surface area contributed by atoms with E-state index in [2.05, 4.69) is 53.8 Å². The summed E-state index contributed by atoms with van der Waals surface area (Å²) in [6.07, 6.45) is 6.68. The molecule has 184 valence electrons. The predicted molar refractivity (Wildman–Crippen MR) is 145 cm³/mol. The monoisotopic (exact) mass is 462 g/mol. The van der Waals surface area contributed by atoms with Gasteiger partial charge >= 0.3 is 0 Å². The maximum atomic E-state index is 11.8. The van der Waals surface area contributed by atoms with Gasteiger partial charge in [-0.2, -0.15) is 0 Å². The van der Waals surface area contributed by atoms with Crippen molar-refractivity contribution in [1.82, 2.24) is 5.32 Å². The smallest absolute Gasteiger partial charge is 0.251 e. The molecule has 3 aromatic rings. The van der Waals surface area contributed by atoms with Gasteiger partial charge in [-0.1, -0.05) is 78.9 Å². The zero-order valence-corrected chi connectivity index (χ0v) is 20.4. The lowest BCUT2D eigenvalue weighted by molar-refractivity contribution is 0.0953. The van der Waals surface area contributed by atoms with Gasteiger partial charge in [0, 0.05) is 25.2 Å². The van der Waals surface area contributed by atoms with Gasteiger partial charge in [-0.05, 0) is 68.3 Å². The molecule has 1 amide bonds. The number of rotatable bonds is 11. The number of hydrogen-bond donors (Lipinski definition) is 4. The Balaban J connectivity index is 0.000000325. The second-order valence-corrected chi connectivity index (χ2v) is 7.87. The van der Waals surface area contributed by atoms with E-state index in [0.29, 0.717) is 13.1 Å². The molecule has 0 aromatic heterocycles. The van der Waals surface area contributed by atoms with Crippen molar-refractivity contribution >= 4 is 5.91 Å². The summed E-state index contributed by atoms with van der Waals surface area (Å²) in [5.41, 5.74) is 18.7. The first-order valence-electron chi connectivity index (χ1n) is 12.2. The minimum absolute atomic E-state index is 0.0142. The third kappa shape index (κ3) is 15.0. The van der Waals surface area contributed by atoms with Crippen molar-refractivity contribution in [2.24, 2.45) is 17.2 Å². The Morgan fingerprint density at radius 3 is 1.44 bits per heavy atom. The molecule has 0 unspecified atom stereocenters.